The summed E-state index contributed by atoms with van der Waals surface area (Å²) in [7, 11) is 0. The van der Waals surface area contributed by atoms with Crippen molar-refractivity contribution >= 4 is 23.1 Å². The van der Waals surface area contributed by atoms with Crippen LogP contribution in [0.5, 0.6) is 11.6 Å². The molecule has 2 rings (SSSR count). The van der Waals surface area contributed by atoms with Crippen LogP contribution in [0.2, 0.25) is 5.02 Å². The van der Waals surface area contributed by atoms with E-state index < -0.39 is 16.4 Å². The topological polar surface area (TPSA) is 104 Å². The predicted molar refractivity (Wildman–Crippen MR) is 64.6 cm³/mol. The number of nitrogen functional groups attached to an aromatic ring is 1. The molecule has 98 valence electrons. The summed E-state index contributed by atoms with van der Waals surface area (Å²) in [6.45, 7) is 0. The van der Waals surface area contributed by atoms with Crippen molar-refractivity contribution in [3.63, 3.8) is 0 Å². The normalized spacial score (nSPS) is 10.2. The molecule has 0 amide bonds. The Hall–Kier alpha value is -2.48. The number of hydrogen-bond acceptors (Lipinski definition) is 6. The van der Waals surface area contributed by atoms with E-state index in [4.69, 9.17) is 22.1 Å². The fraction of sp³-hybridized carbons (Fsp3) is 0. The second kappa shape index (κ2) is 5.02. The fourth-order valence-electron chi connectivity index (χ4n) is 1.27. The molecule has 1 heterocycles. The molecule has 0 saturated carbocycles. The Morgan fingerprint density at radius 1 is 1.42 bits per heavy atom. The van der Waals surface area contributed by atoms with Gasteiger partial charge in [-0.2, -0.15) is 4.98 Å². The second-order valence-corrected chi connectivity index (χ2v) is 3.75. The molecular weight excluding hydrogens is 279 g/mol. The van der Waals surface area contributed by atoms with Crippen LogP contribution >= 0.6 is 11.6 Å². The van der Waals surface area contributed by atoms with E-state index >= 15 is 0 Å². The highest BCUT2D eigenvalue weighted by Crippen LogP contribution is 2.33. The molecule has 0 bridgehead atoms. The summed E-state index contributed by atoms with van der Waals surface area (Å²) < 4.78 is 18.3. The zero-order chi connectivity index (χ0) is 14.0. The number of aromatic nitrogens is 2. The monoisotopic (exact) mass is 284 g/mol. The van der Waals surface area contributed by atoms with Crippen LogP contribution in [-0.4, -0.2) is 14.9 Å². The second-order valence-electron chi connectivity index (χ2n) is 3.35. The lowest BCUT2D eigenvalue weighted by atomic mass is 10.3. The zero-order valence-electron chi connectivity index (χ0n) is 9.21. The van der Waals surface area contributed by atoms with Crippen LogP contribution in [0.25, 0.3) is 0 Å². The molecule has 0 spiro atoms. The number of anilines is 1. The molecule has 0 saturated heterocycles. The van der Waals surface area contributed by atoms with Gasteiger partial charge >= 0.3 is 11.6 Å². The largest absolute Gasteiger partial charge is 0.433 e. The van der Waals surface area contributed by atoms with Gasteiger partial charge in [0, 0.05) is 6.07 Å². The first-order valence-corrected chi connectivity index (χ1v) is 5.24. The molecular formula is C10H6ClFN4O3. The number of ether oxygens (including phenoxy) is 1. The van der Waals surface area contributed by atoms with Gasteiger partial charge in [-0.1, -0.05) is 11.6 Å². The molecule has 0 aliphatic rings. The van der Waals surface area contributed by atoms with Crippen LogP contribution in [-0.2, 0) is 0 Å². The summed E-state index contributed by atoms with van der Waals surface area (Å²) in [5.74, 6) is -1.43. The van der Waals surface area contributed by atoms with Crippen LogP contribution in [0.15, 0.2) is 24.5 Å². The molecule has 2 N–H and O–H groups in total. The number of hydrogen-bond donors (Lipinski definition) is 1. The molecule has 0 atom stereocenters. The minimum absolute atomic E-state index is 0.00287. The van der Waals surface area contributed by atoms with E-state index in [-0.39, 0.29) is 22.5 Å². The maximum atomic E-state index is 13.2. The summed E-state index contributed by atoms with van der Waals surface area (Å²) in [5.41, 5.74) is 4.78. The first kappa shape index (κ1) is 13.0. The molecule has 0 aliphatic heterocycles. The van der Waals surface area contributed by atoms with Crippen LogP contribution in [0.4, 0.5) is 15.9 Å². The number of nitro groups is 1. The SMILES string of the molecule is Nc1ncnc(Oc2ccc(Cl)c(F)c2)c1[N+](=O)[O-]. The van der Waals surface area contributed by atoms with Gasteiger partial charge in [0.1, 0.15) is 17.9 Å². The zero-order valence-corrected chi connectivity index (χ0v) is 9.96. The lowest BCUT2D eigenvalue weighted by molar-refractivity contribution is -0.385. The lowest BCUT2D eigenvalue weighted by Crippen LogP contribution is -2.02. The highest BCUT2D eigenvalue weighted by molar-refractivity contribution is 6.30. The Kier molecular flexibility index (Phi) is 3.43. The maximum Gasteiger partial charge on any atom is 0.372 e. The van der Waals surface area contributed by atoms with E-state index in [9.17, 15) is 14.5 Å². The number of nitrogens with two attached hydrogens (primary N) is 1. The van der Waals surface area contributed by atoms with Crippen molar-refractivity contribution in [3.8, 4) is 11.6 Å². The van der Waals surface area contributed by atoms with Crippen LogP contribution in [0.1, 0.15) is 0 Å². The molecule has 0 unspecified atom stereocenters. The molecule has 2 aromatic rings. The lowest BCUT2D eigenvalue weighted by Gasteiger charge is -2.06. The Bertz CT molecular complexity index is 653. The van der Waals surface area contributed by atoms with Crippen molar-refractivity contribution in [2.45, 2.75) is 0 Å². The van der Waals surface area contributed by atoms with E-state index in [1.54, 1.807) is 0 Å². The number of benzene rings is 1. The molecule has 7 nitrogen and oxygen atoms in total. The summed E-state index contributed by atoms with van der Waals surface area (Å²) >= 11 is 5.51. The number of rotatable bonds is 3. The Morgan fingerprint density at radius 2 is 2.16 bits per heavy atom. The minimum atomic E-state index is -0.781. The van der Waals surface area contributed by atoms with Gasteiger partial charge in [0.05, 0.1) is 9.95 Å². The Labute approximate surface area is 111 Å². The van der Waals surface area contributed by atoms with Gasteiger partial charge in [-0.15, -0.1) is 0 Å². The first-order chi connectivity index (χ1) is 8.99. The molecule has 0 radical (unpaired) electrons. The summed E-state index contributed by atoms with van der Waals surface area (Å²) in [5, 5.41) is 10.7. The Morgan fingerprint density at radius 3 is 2.79 bits per heavy atom. The highest BCUT2D eigenvalue weighted by Gasteiger charge is 2.23. The average Bonchev–Trinajstić information content (AvgIpc) is 2.33. The summed E-state index contributed by atoms with van der Waals surface area (Å²) in [6.07, 6.45) is 1.00. The van der Waals surface area contributed by atoms with Crippen molar-refractivity contribution in [2.75, 3.05) is 5.73 Å². The molecule has 1 aromatic carbocycles. The van der Waals surface area contributed by atoms with Gasteiger partial charge < -0.3 is 10.5 Å². The Balaban J connectivity index is 2.40. The van der Waals surface area contributed by atoms with E-state index in [1.807, 2.05) is 0 Å². The first-order valence-electron chi connectivity index (χ1n) is 4.87. The van der Waals surface area contributed by atoms with Gasteiger partial charge in [0.15, 0.2) is 0 Å². The van der Waals surface area contributed by atoms with E-state index in [2.05, 4.69) is 9.97 Å². The molecule has 1 aromatic heterocycles. The molecule has 9 heteroatoms. The van der Waals surface area contributed by atoms with Crippen molar-refractivity contribution in [2.24, 2.45) is 0 Å². The van der Waals surface area contributed by atoms with Gasteiger partial charge in [-0.3, -0.25) is 10.1 Å². The van der Waals surface area contributed by atoms with Crippen LogP contribution in [0.3, 0.4) is 0 Å². The quantitative estimate of drug-likeness (QED) is 0.686. The van der Waals surface area contributed by atoms with E-state index in [1.165, 1.54) is 12.1 Å². The van der Waals surface area contributed by atoms with Crippen LogP contribution < -0.4 is 10.5 Å². The van der Waals surface area contributed by atoms with Gasteiger partial charge in [0.2, 0.25) is 5.82 Å². The number of nitrogens with zero attached hydrogens (tertiary/aromatic N) is 3. The van der Waals surface area contributed by atoms with Crippen molar-refractivity contribution in [3.05, 3.63) is 45.5 Å². The summed E-state index contributed by atoms with van der Waals surface area (Å²) in [6, 6.07) is 3.57. The van der Waals surface area contributed by atoms with Gasteiger partial charge in [-0.25, -0.2) is 9.37 Å². The summed E-state index contributed by atoms with van der Waals surface area (Å²) in [4.78, 5) is 17.1. The molecule has 0 aliphatic carbocycles. The average molecular weight is 285 g/mol. The third kappa shape index (κ3) is 2.68. The number of halogens is 2. The third-order valence-corrected chi connectivity index (χ3v) is 2.41. The van der Waals surface area contributed by atoms with Gasteiger partial charge in [-0.05, 0) is 12.1 Å². The van der Waals surface area contributed by atoms with Crippen molar-refractivity contribution < 1.29 is 14.1 Å². The van der Waals surface area contributed by atoms with Crippen molar-refractivity contribution in [1.82, 2.24) is 9.97 Å². The third-order valence-electron chi connectivity index (χ3n) is 2.11. The highest BCUT2D eigenvalue weighted by atomic mass is 35.5. The fourth-order valence-corrected chi connectivity index (χ4v) is 1.39. The maximum absolute atomic E-state index is 13.2. The predicted octanol–water partition coefficient (Wildman–Crippen LogP) is 2.55. The molecule has 19 heavy (non-hydrogen) atoms. The van der Waals surface area contributed by atoms with Crippen molar-refractivity contribution in [1.29, 1.82) is 0 Å². The van der Waals surface area contributed by atoms with E-state index in [0.717, 1.165) is 12.4 Å². The smallest absolute Gasteiger partial charge is 0.372 e. The van der Waals surface area contributed by atoms with E-state index in [0.29, 0.717) is 0 Å². The van der Waals surface area contributed by atoms with Gasteiger partial charge in [0.25, 0.3) is 0 Å². The molecule has 0 fully saturated rings. The minimum Gasteiger partial charge on any atom is -0.433 e. The van der Waals surface area contributed by atoms with Crippen LogP contribution in [0, 0.1) is 15.9 Å². The standard InChI is InChI=1S/C10H6ClFN4O3/c11-6-2-1-5(3-7(6)12)19-10-8(16(17)18)9(13)14-4-15-10/h1-4H,(H2,13,14,15).